The van der Waals surface area contributed by atoms with Gasteiger partial charge in [0.1, 0.15) is 5.70 Å². The highest BCUT2D eigenvalue weighted by Crippen LogP contribution is 2.19. The van der Waals surface area contributed by atoms with Gasteiger partial charge in [0.2, 0.25) is 0 Å². The first-order valence-corrected chi connectivity index (χ1v) is 12.9. The molecule has 0 aliphatic carbocycles. The predicted octanol–water partition coefficient (Wildman–Crippen LogP) is 6.63. The van der Waals surface area contributed by atoms with Crippen LogP contribution in [0.2, 0.25) is 5.02 Å². The SMILES string of the molecule is C=C1CCC(C(C)C)N1.CC.CCC/C(C(=NC)C(C)C)=C(/N)C(=O)NCc1ccc(Cl)cc1. The average Bonchev–Trinajstić information content (AvgIpc) is 3.26. The first kappa shape index (κ1) is 31.7. The molecule has 34 heavy (non-hydrogen) atoms. The highest BCUT2D eigenvalue weighted by Gasteiger charge is 2.19. The summed E-state index contributed by atoms with van der Waals surface area (Å²) in [6.07, 6.45) is 4.09. The van der Waals surface area contributed by atoms with Crippen LogP contribution in [-0.4, -0.2) is 24.7 Å². The Labute approximate surface area is 213 Å². The van der Waals surface area contributed by atoms with Crippen molar-refractivity contribution in [2.75, 3.05) is 7.05 Å². The van der Waals surface area contributed by atoms with Gasteiger partial charge in [-0.15, -0.1) is 0 Å². The molecule has 0 aromatic heterocycles. The summed E-state index contributed by atoms with van der Waals surface area (Å²) in [7, 11) is 1.74. The molecule has 1 unspecified atom stereocenters. The maximum Gasteiger partial charge on any atom is 0.267 e. The second kappa shape index (κ2) is 17.2. The molecule has 1 aromatic rings. The molecule has 5 nitrogen and oxygen atoms in total. The highest BCUT2D eigenvalue weighted by atomic mass is 35.5. The summed E-state index contributed by atoms with van der Waals surface area (Å²) in [6.45, 7) is 18.9. The van der Waals surface area contributed by atoms with Crippen LogP contribution in [0.3, 0.4) is 0 Å². The van der Waals surface area contributed by atoms with E-state index in [4.69, 9.17) is 17.3 Å². The van der Waals surface area contributed by atoms with Crippen LogP contribution < -0.4 is 16.4 Å². The van der Waals surface area contributed by atoms with Crippen molar-refractivity contribution in [3.05, 3.63) is 58.4 Å². The first-order chi connectivity index (χ1) is 16.1. The molecule has 1 heterocycles. The van der Waals surface area contributed by atoms with E-state index in [0.717, 1.165) is 35.6 Å². The number of carbonyl (C=O) groups is 1. The summed E-state index contributed by atoms with van der Waals surface area (Å²) < 4.78 is 0. The van der Waals surface area contributed by atoms with E-state index in [2.05, 4.69) is 56.8 Å². The molecular formula is C28H47ClN4O. The first-order valence-electron chi connectivity index (χ1n) is 12.5. The molecule has 192 valence electrons. The summed E-state index contributed by atoms with van der Waals surface area (Å²) in [5, 5.41) is 6.89. The number of allylic oxidation sites excluding steroid dienone is 2. The van der Waals surface area contributed by atoms with E-state index in [-0.39, 0.29) is 17.5 Å². The number of halogens is 1. The second-order valence-corrected chi connectivity index (χ2v) is 9.29. The van der Waals surface area contributed by atoms with Crippen molar-refractivity contribution in [1.82, 2.24) is 10.6 Å². The molecule has 6 heteroatoms. The van der Waals surface area contributed by atoms with Crippen LogP contribution in [-0.2, 0) is 11.3 Å². The summed E-state index contributed by atoms with van der Waals surface area (Å²) >= 11 is 5.85. The van der Waals surface area contributed by atoms with Crippen LogP contribution in [0.25, 0.3) is 0 Å². The number of hydrogen-bond donors (Lipinski definition) is 3. The van der Waals surface area contributed by atoms with Crippen molar-refractivity contribution < 1.29 is 4.79 Å². The van der Waals surface area contributed by atoms with Gasteiger partial charge in [-0.3, -0.25) is 9.79 Å². The summed E-state index contributed by atoms with van der Waals surface area (Å²) in [4.78, 5) is 16.7. The number of benzene rings is 1. The number of carbonyl (C=O) groups excluding carboxylic acids is 1. The Morgan fingerprint density at radius 1 is 1.24 bits per heavy atom. The van der Waals surface area contributed by atoms with E-state index in [9.17, 15) is 4.79 Å². The summed E-state index contributed by atoms with van der Waals surface area (Å²) in [5.41, 5.74) is 10.3. The lowest BCUT2D eigenvalue weighted by molar-refractivity contribution is -0.117. The molecular weight excluding hydrogens is 444 g/mol. The van der Waals surface area contributed by atoms with Crippen molar-refractivity contribution >= 4 is 23.2 Å². The third-order valence-corrected chi connectivity index (χ3v) is 5.74. The number of rotatable bonds is 8. The Morgan fingerprint density at radius 2 is 1.82 bits per heavy atom. The van der Waals surface area contributed by atoms with Gasteiger partial charge in [-0.1, -0.05) is 85.2 Å². The maximum atomic E-state index is 12.4. The quantitative estimate of drug-likeness (QED) is 0.282. The molecule has 0 radical (unpaired) electrons. The van der Waals surface area contributed by atoms with Crippen LogP contribution in [0.1, 0.15) is 79.7 Å². The van der Waals surface area contributed by atoms with Crippen LogP contribution in [0, 0.1) is 11.8 Å². The zero-order valence-electron chi connectivity index (χ0n) is 22.6. The topological polar surface area (TPSA) is 79.5 Å². The Balaban J connectivity index is 0.000000819. The van der Waals surface area contributed by atoms with Crippen LogP contribution >= 0.6 is 11.6 Å². The van der Waals surface area contributed by atoms with E-state index >= 15 is 0 Å². The Hall–Kier alpha value is -2.27. The molecule has 0 saturated carbocycles. The lowest BCUT2D eigenvalue weighted by atomic mass is 9.94. The molecule has 1 fully saturated rings. The van der Waals surface area contributed by atoms with Crippen molar-refractivity contribution in [3.63, 3.8) is 0 Å². The number of aliphatic imine (C=N–C) groups is 1. The number of amides is 1. The number of nitrogens with two attached hydrogens (primary N) is 1. The minimum atomic E-state index is -0.259. The number of nitrogens with zero attached hydrogens (tertiary/aromatic N) is 1. The van der Waals surface area contributed by atoms with Crippen LogP contribution in [0.5, 0.6) is 0 Å². The van der Waals surface area contributed by atoms with Gasteiger partial charge >= 0.3 is 0 Å². The number of hydrogen-bond acceptors (Lipinski definition) is 4. The zero-order chi connectivity index (χ0) is 26.3. The van der Waals surface area contributed by atoms with E-state index in [1.807, 2.05) is 26.0 Å². The van der Waals surface area contributed by atoms with Gasteiger partial charge in [0.15, 0.2) is 0 Å². The van der Waals surface area contributed by atoms with Crippen molar-refractivity contribution in [1.29, 1.82) is 0 Å². The predicted molar refractivity (Wildman–Crippen MR) is 149 cm³/mol. The molecule has 1 aromatic carbocycles. The average molecular weight is 491 g/mol. The van der Waals surface area contributed by atoms with Crippen molar-refractivity contribution in [2.45, 2.75) is 86.7 Å². The Bertz CT molecular complexity index is 810. The Kier molecular flexibility index (Phi) is 16.1. The molecule has 0 bridgehead atoms. The molecule has 2 rings (SSSR count). The van der Waals surface area contributed by atoms with Gasteiger partial charge in [0.05, 0.1) is 0 Å². The van der Waals surface area contributed by atoms with Gasteiger partial charge in [-0.05, 0) is 48.8 Å². The van der Waals surface area contributed by atoms with E-state index in [1.54, 1.807) is 19.2 Å². The van der Waals surface area contributed by atoms with Gasteiger partial charge in [0.25, 0.3) is 5.91 Å². The standard InChI is InChI=1S/C18H26ClN3O.C8H15N.C2H6/c1-5-6-15(17(21-4)12(2)3)16(20)18(23)22-11-13-7-9-14(19)10-8-13;1-6(2)8-5-4-7(3)9-8;1-2/h7-10,12H,5-6,11,20H2,1-4H3,(H,22,23);6,8-9H,3-5H2,1-2H3;1-2H3/b16-15-,21-17?;;. The summed E-state index contributed by atoms with van der Waals surface area (Å²) in [6, 6.07) is 8.04. The fourth-order valence-corrected chi connectivity index (χ4v) is 3.77. The fraction of sp³-hybridized carbons (Fsp3) is 0.571. The molecule has 1 atom stereocenters. The van der Waals surface area contributed by atoms with Crippen molar-refractivity contribution in [2.24, 2.45) is 22.6 Å². The van der Waals surface area contributed by atoms with E-state index < -0.39 is 0 Å². The molecule has 1 saturated heterocycles. The van der Waals surface area contributed by atoms with E-state index in [0.29, 0.717) is 17.6 Å². The largest absolute Gasteiger partial charge is 0.394 e. The monoisotopic (exact) mass is 490 g/mol. The van der Waals surface area contributed by atoms with Gasteiger partial charge in [-0.2, -0.15) is 0 Å². The second-order valence-electron chi connectivity index (χ2n) is 8.85. The number of nitrogens with one attached hydrogen (secondary N) is 2. The zero-order valence-corrected chi connectivity index (χ0v) is 23.4. The normalized spacial score (nSPS) is 16.1. The van der Waals surface area contributed by atoms with Gasteiger partial charge in [0, 0.05) is 41.6 Å². The van der Waals surface area contributed by atoms with Gasteiger partial charge < -0.3 is 16.4 Å². The molecule has 1 amide bonds. The molecule has 4 N–H and O–H groups in total. The lowest BCUT2D eigenvalue weighted by Gasteiger charge is -2.16. The Morgan fingerprint density at radius 3 is 2.21 bits per heavy atom. The van der Waals surface area contributed by atoms with Crippen LogP contribution in [0.15, 0.2) is 52.8 Å². The minimum absolute atomic E-state index is 0.226. The molecule has 0 spiro atoms. The maximum absolute atomic E-state index is 12.4. The fourth-order valence-electron chi connectivity index (χ4n) is 3.65. The van der Waals surface area contributed by atoms with Crippen molar-refractivity contribution in [3.8, 4) is 0 Å². The molecule has 1 aliphatic rings. The third-order valence-electron chi connectivity index (χ3n) is 5.48. The van der Waals surface area contributed by atoms with Gasteiger partial charge in [-0.25, -0.2) is 0 Å². The van der Waals surface area contributed by atoms with E-state index in [1.165, 1.54) is 18.5 Å². The third kappa shape index (κ3) is 11.2. The lowest BCUT2D eigenvalue weighted by Crippen LogP contribution is -2.31. The minimum Gasteiger partial charge on any atom is -0.394 e. The molecule has 1 aliphatic heterocycles. The highest BCUT2D eigenvalue weighted by molar-refractivity contribution is 6.30. The van der Waals surface area contributed by atoms with Crippen LogP contribution in [0.4, 0.5) is 0 Å². The summed E-state index contributed by atoms with van der Waals surface area (Å²) in [5.74, 6) is 0.721. The smallest absolute Gasteiger partial charge is 0.267 e.